The minimum absolute atomic E-state index is 0.645. The number of hydrogen-bond donors (Lipinski definition) is 1. The van der Waals surface area contributed by atoms with E-state index < -0.39 is 0 Å². The topological polar surface area (TPSA) is 24.9 Å². The van der Waals surface area contributed by atoms with Crippen LogP contribution in [0.4, 0.5) is 0 Å². The third-order valence-electron chi connectivity index (χ3n) is 3.50. The summed E-state index contributed by atoms with van der Waals surface area (Å²) in [5.41, 5.74) is 3.19. The van der Waals surface area contributed by atoms with Gasteiger partial charge in [-0.3, -0.25) is 4.98 Å². The molecule has 0 spiro atoms. The lowest BCUT2D eigenvalue weighted by Crippen LogP contribution is -2.23. The van der Waals surface area contributed by atoms with E-state index in [9.17, 15) is 0 Å². The molecule has 1 saturated carbocycles. The molecule has 0 saturated heterocycles. The maximum Gasteiger partial charge on any atom is 0.0313 e. The van der Waals surface area contributed by atoms with Gasteiger partial charge in [-0.25, -0.2) is 0 Å². The molecule has 0 amide bonds. The van der Waals surface area contributed by atoms with Crippen molar-refractivity contribution in [3.63, 3.8) is 0 Å². The van der Waals surface area contributed by atoms with Gasteiger partial charge in [0.25, 0.3) is 0 Å². The Morgan fingerprint density at radius 2 is 2.19 bits per heavy atom. The molecule has 0 aliphatic heterocycles. The molecular weight excluding hydrogens is 196 g/mol. The summed E-state index contributed by atoms with van der Waals surface area (Å²) < 4.78 is 0. The van der Waals surface area contributed by atoms with Crippen LogP contribution < -0.4 is 5.32 Å². The standard InChI is InChI=1S/C14H22N2/c1-3-4-14(5-6-14)11-16-10-13-7-12(2)8-15-9-13/h7-9,16H,3-6,10-11H2,1-2H3. The van der Waals surface area contributed by atoms with Crippen LogP contribution in [0.1, 0.15) is 43.7 Å². The zero-order valence-corrected chi connectivity index (χ0v) is 10.4. The molecule has 2 nitrogen and oxygen atoms in total. The highest BCUT2D eigenvalue weighted by molar-refractivity contribution is 5.16. The van der Waals surface area contributed by atoms with Gasteiger partial charge < -0.3 is 5.32 Å². The maximum atomic E-state index is 4.21. The van der Waals surface area contributed by atoms with E-state index in [0.29, 0.717) is 5.41 Å². The average Bonchev–Trinajstić information content (AvgIpc) is 2.99. The number of nitrogens with zero attached hydrogens (tertiary/aromatic N) is 1. The van der Waals surface area contributed by atoms with E-state index in [1.54, 1.807) is 0 Å². The van der Waals surface area contributed by atoms with E-state index in [2.05, 4.69) is 30.2 Å². The fraction of sp³-hybridized carbons (Fsp3) is 0.643. The average molecular weight is 218 g/mol. The molecule has 0 atom stereocenters. The van der Waals surface area contributed by atoms with Crippen LogP contribution in [0.2, 0.25) is 0 Å². The van der Waals surface area contributed by atoms with Gasteiger partial charge in [0.15, 0.2) is 0 Å². The minimum atomic E-state index is 0.645. The van der Waals surface area contributed by atoms with E-state index in [1.807, 2.05) is 12.4 Å². The van der Waals surface area contributed by atoms with Crippen molar-refractivity contribution in [3.05, 3.63) is 29.6 Å². The first-order valence-corrected chi connectivity index (χ1v) is 6.35. The molecule has 0 bridgehead atoms. The Labute approximate surface area is 98.5 Å². The lowest BCUT2D eigenvalue weighted by Gasteiger charge is -2.14. The van der Waals surface area contributed by atoms with Crippen molar-refractivity contribution in [2.75, 3.05) is 6.54 Å². The summed E-state index contributed by atoms with van der Waals surface area (Å²) in [5.74, 6) is 0. The third-order valence-corrected chi connectivity index (χ3v) is 3.50. The van der Waals surface area contributed by atoms with Crippen LogP contribution in [0.3, 0.4) is 0 Å². The highest BCUT2D eigenvalue weighted by atomic mass is 14.9. The van der Waals surface area contributed by atoms with Crippen molar-refractivity contribution >= 4 is 0 Å². The van der Waals surface area contributed by atoms with E-state index in [1.165, 1.54) is 43.4 Å². The second-order valence-corrected chi connectivity index (χ2v) is 5.22. The van der Waals surface area contributed by atoms with E-state index in [4.69, 9.17) is 0 Å². The summed E-state index contributed by atoms with van der Waals surface area (Å²) in [6.07, 6.45) is 9.39. The van der Waals surface area contributed by atoms with Gasteiger partial charge in [-0.05, 0) is 42.7 Å². The number of rotatable bonds is 6. The van der Waals surface area contributed by atoms with Crippen LogP contribution in [0.15, 0.2) is 18.5 Å². The van der Waals surface area contributed by atoms with Crippen LogP contribution in [0.25, 0.3) is 0 Å². The zero-order valence-electron chi connectivity index (χ0n) is 10.4. The summed E-state index contributed by atoms with van der Waals surface area (Å²) in [6.45, 7) is 6.51. The lowest BCUT2D eigenvalue weighted by atomic mass is 10.0. The molecule has 1 aliphatic rings. The van der Waals surface area contributed by atoms with Crippen molar-refractivity contribution in [2.24, 2.45) is 5.41 Å². The van der Waals surface area contributed by atoms with Crippen LogP contribution in [-0.2, 0) is 6.54 Å². The quantitative estimate of drug-likeness (QED) is 0.793. The number of pyridine rings is 1. The molecule has 1 aromatic rings. The lowest BCUT2D eigenvalue weighted by molar-refractivity contribution is 0.420. The predicted molar refractivity (Wildman–Crippen MR) is 67.3 cm³/mol. The van der Waals surface area contributed by atoms with Gasteiger partial charge in [-0.15, -0.1) is 0 Å². The highest BCUT2D eigenvalue weighted by Crippen LogP contribution is 2.48. The number of aryl methyl sites for hydroxylation is 1. The Bertz CT molecular complexity index is 342. The van der Waals surface area contributed by atoms with E-state index in [0.717, 1.165) is 6.54 Å². The van der Waals surface area contributed by atoms with Gasteiger partial charge in [0.05, 0.1) is 0 Å². The normalized spacial score (nSPS) is 17.4. The number of aromatic nitrogens is 1. The second-order valence-electron chi connectivity index (χ2n) is 5.22. The molecule has 1 N–H and O–H groups in total. The van der Waals surface area contributed by atoms with Gasteiger partial charge in [0.2, 0.25) is 0 Å². The second kappa shape index (κ2) is 4.96. The minimum Gasteiger partial charge on any atom is -0.312 e. The summed E-state index contributed by atoms with van der Waals surface area (Å²) in [5, 5.41) is 3.58. The van der Waals surface area contributed by atoms with Crippen molar-refractivity contribution in [1.82, 2.24) is 10.3 Å². The van der Waals surface area contributed by atoms with Crippen molar-refractivity contribution in [3.8, 4) is 0 Å². The molecule has 0 unspecified atom stereocenters. The molecule has 88 valence electrons. The van der Waals surface area contributed by atoms with Crippen molar-refractivity contribution in [2.45, 2.75) is 46.1 Å². The summed E-state index contributed by atoms with van der Waals surface area (Å²) in [6, 6.07) is 2.21. The Morgan fingerprint density at radius 1 is 1.38 bits per heavy atom. The van der Waals surface area contributed by atoms with Crippen LogP contribution >= 0.6 is 0 Å². The maximum absolute atomic E-state index is 4.21. The fourth-order valence-corrected chi connectivity index (χ4v) is 2.41. The molecule has 1 fully saturated rings. The smallest absolute Gasteiger partial charge is 0.0313 e. The number of nitrogens with one attached hydrogen (secondary N) is 1. The first-order chi connectivity index (χ1) is 7.74. The Hall–Kier alpha value is -0.890. The van der Waals surface area contributed by atoms with Crippen LogP contribution in [-0.4, -0.2) is 11.5 Å². The zero-order chi connectivity index (χ0) is 11.4. The first-order valence-electron chi connectivity index (χ1n) is 6.35. The molecule has 2 heteroatoms. The van der Waals surface area contributed by atoms with E-state index >= 15 is 0 Å². The molecule has 16 heavy (non-hydrogen) atoms. The number of hydrogen-bond acceptors (Lipinski definition) is 2. The third kappa shape index (κ3) is 3.05. The molecule has 1 aromatic heterocycles. The SMILES string of the molecule is CCCC1(CNCc2cncc(C)c2)CC1. The van der Waals surface area contributed by atoms with Crippen LogP contribution in [0, 0.1) is 12.3 Å². The molecule has 0 aromatic carbocycles. The summed E-state index contributed by atoms with van der Waals surface area (Å²) >= 11 is 0. The van der Waals surface area contributed by atoms with Crippen molar-refractivity contribution in [1.29, 1.82) is 0 Å². The fourth-order valence-electron chi connectivity index (χ4n) is 2.41. The van der Waals surface area contributed by atoms with Gasteiger partial charge in [-0.2, -0.15) is 0 Å². The molecule has 1 aliphatic carbocycles. The van der Waals surface area contributed by atoms with Crippen molar-refractivity contribution < 1.29 is 0 Å². The van der Waals surface area contributed by atoms with Crippen LogP contribution in [0.5, 0.6) is 0 Å². The Kier molecular flexibility index (Phi) is 3.59. The van der Waals surface area contributed by atoms with Gasteiger partial charge in [-0.1, -0.05) is 19.4 Å². The molecule has 0 radical (unpaired) electrons. The summed E-state index contributed by atoms with van der Waals surface area (Å²) in [7, 11) is 0. The molecule has 1 heterocycles. The molecular formula is C14H22N2. The van der Waals surface area contributed by atoms with Gasteiger partial charge in [0, 0.05) is 25.5 Å². The first kappa shape index (κ1) is 11.6. The van der Waals surface area contributed by atoms with Gasteiger partial charge in [0.1, 0.15) is 0 Å². The monoisotopic (exact) mass is 218 g/mol. The summed E-state index contributed by atoms with van der Waals surface area (Å²) in [4.78, 5) is 4.21. The Morgan fingerprint density at radius 3 is 2.81 bits per heavy atom. The Balaban J connectivity index is 1.76. The van der Waals surface area contributed by atoms with E-state index in [-0.39, 0.29) is 0 Å². The molecule has 2 rings (SSSR count). The predicted octanol–water partition coefficient (Wildman–Crippen LogP) is 3.06. The van der Waals surface area contributed by atoms with Gasteiger partial charge >= 0.3 is 0 Å². The highest BCUT2D eigenvalue weighted by Gasteiger charge is 2.40. The largest absolute Gasteiger partial charge is 0.312 e.